The Morgan fingerprint density at radius 3 is 2.84 bits per heavy atom. The van der Waals surface area contributed by atoms with Crippen molar-refractivity contribution in [2.24, 2.45) is 0 Å². The maximum absolute atomic E-state index is 12.7. The standard InChI is InChI=1S/C24H21ClN4OS/c25-18-10-11-19-20(12-14-27-22(19)16-18)26-13-5-15-29-23(30)21(28-24(29)31)9-4-8-17-6-2-1-3-7-17/h1-4,6-12,14,16H,5,13,15H2,(H,26,27)(H,28,31)/b8-4+,21-9+. The van der Waals surface area contributed by atoms with Crippen LogP contribution in [0.2, 0.25) is 5.02 Å². The molecule has 2 heterocycles. The SMILES string of the molecule is O=C1/C(=C\C=C\c2ccccc2)NC(=S)N1CCCNc1ccnc2cc(Cl)ccc12. The van der Waals surface area contributed by atoms with Gasteiger partial charge in [0.1, 0.15) is 5.70 Å². The number of nitrogens with one attached hydrogen (secondary N) is 2. The van der Waals surface area contributed by atoms with Gasteiger partial charge >= 0.3 is 0 Å². The summed E-state index contributed by atoms with van der Waals surface area (Å²) in [4.78, 5) is 18.6. The summed E-state index contributed by atoms with van der Waals surface area (Å²) in [6.45, 7) is 1.23. The van der Waals surface area contributed by atoms with E-state index in [4.69, 9.17) is 23.8 Å². The molecule has 0 unspecified atom stereocenters. The Morgan fingerprint density at radius 2 is 2.00 bits per heavy atom. The van der Waals surface area contributed by atoms with E-state index in [2.05, 4.69) is 15.6 Å². The largest absolute Gasteiger partial charge is 0.384 e. The molecular weight excluding hydrogens is 428 g/mol. The molecule has 3 aromatic rings. The lowest BCUT2D eigenvalue weighted by atomic mass is 10.2. The average molecular weight is 449 g/mol. The molecule has 156 valence electrons. The van der Waals surface area contributed by atoms with Crippen molar-refractivity contribution < 1.29 is 4.79 Å². The van der Waals surface area contributed by atoms with Gasteiger partial charge in [0.15, 0.2) is 5.11 Å². The number of thiocarbonyl (C=S) groups is 1. The van der Waals surface area contributed by atoms with E-state index >= 15 is 0 Å². The number of hydrogen-bond donors (Lipinski definition) is 2. The van der Waals surface area contributed by atoms with Crippen LogP contribution in [0.1, 0.15) is 12.0 Å². The van der Waals surface area contributed by atoms with Gasteiger partial charge in [0.25, 0.3) is 5.91 Å². The summed E-state index contributed by atoms with van der Waals surface area (Å²) >= 11 is 11.4. The molecule has 5 nitrogen and oxygen atoms in total. The number of carbonyl (C=O) groups excluding carboxylic acids is 1. The van der Waals surface area contributed by atoms with E-state index < -0.39 is 0 Å². The van der Waals surface area contributed by atoms with Crippen LogP contribution in [0, 0.1) is 0 Å². The number of benzene rings is 2. The Labute approximate surface area is 191 Å². The van der Waals surface area contributed by atoms with Gasteiger partial charge in [-0.15, -0.1) is 0 Å². The molecule has 1 amide bonds. The number of anilines is 1. The lowest BCUT2D eigenvalue weighted by Crippen LogP contribution is -2.32. The number of aromatic nitrogens is 1. The van der Waals surface area contributed by atoms with Gasteiger partial charge in [0, 0.05) is 35.4 Å². The third kappa shape index (κ3) is 5.10. The molecular formula is C24H21ClN4OS. The molecule has 31 heavy (non-hydrogen) atoms. The maximum atomic E-state index is 12.7. The van der Waals surface area contributed by atoms with E-state index in [0.717, 1.165) is 28.6 Å². The van der Waals surface area contributed by atoms with Gasteiger partial charge < -0.3 is 10.6 Å². The number of carbonyl (C=O) groups is 1. The minimum atomic E-state index is -0.105. The molecule has 1 saturated heterocycles. The summed E-state index contributed by atoms with van der Waals surface area (Å²) < 4.78 is 0. The normalized spacial score (nSPS) is 15.3. The lowest BCUT2D eigenvalue weighted by Gasteiger charge is -2.15. The maximum Gasteiger partial charge on any atom is 0.276 e. The zero-order chi connectivity index (χ0) is 21.6. The van der Waals surface area contributed by atoms with Crippen molar-refractivity contribution in [3.63, 3.8) is 0 Å². The van der Waals surface area contributed by atoms with Crippen LogP contribution >= 0.6 is 23.8 Å². The van der Waals surface area contributed by atoms with Crippen LogP contribution in [0.15, 0.2) is 78.6 Å². The molecule has 1 fully saturated rings. The summed E-state index contributed by atoms with van der Waals surface area (Å²) in [6, 6.07) is 17.5. The number of hydrogen-bond acceptors (Lipinski definition) is 4. The molecule has 0 saturated carbocycles. The van der Waals surface area contributed by atoms with Gasteiger partial charge in [0.05, 0.1) is 5.52 Å². The summed E-state index contributed by atoms with van der Waals surface area (Å²) in [7, 11) is 0. The first-order chi connectivity index (χ1) is 15.1. The van der Waals surface area contributed by atoms with Crippen molar-refractivity contribution >= 4 is 57.5 Å². The molecule has 2 aromatic carbocycles. The van der Waals surface area contributed by atoms with Crippen LogP contribution < -0.4 is 10.6 Å². The Balaban J connectivity index is 1.32. The molecule has 0 atom stereocenters. The number of allylic oxidation sites excluding steroid dienone is 2. The molecule has 2 N–H and O–H groups in total. The predicted molar refractivity (Wildman–Crippen MR) is 131 cm³/mol. The van der Waals surface area contributed by atoms with E-state index in [9.17, 15) is 4.79 Å². The Hall–Kier alpha value is -3.22. The van der Waals surface area contributed by atoms with E-state index in [1.165, 1.54) is 0 Å². The van der Waals surface area contributed by atoms with Crippen molar-refractivity contribution in [1.82, 2.24) is 15.2 Å². The number of pyridine rings is 1. The molecule has 1 aromatic heterocycles. The van der Waals surface area contributed by atoms with Crippen LogP contribution in [0.4, 0.5) is 5.69 Å². The number of amides is 1. The highest BCUT2D eigenvalue weighted by molar-refractivity contribution is 7.80. The third-order valence-electron chi connectivity index (χ3n) is 4.89. The fraction of sp³-hybridized carbons (Fsp3) is 0.125. The number of halogens is 1. The van der Waals surface area contributed by atoms with Crippen molar-refractivity contribution in [1.29, 1.82) is 0 Å². The van der Waals surface area contributed by atoms with Gasteiger partial charge in [-0.1, -0.05) is 54.1 Å². The fourth-order valence-corrected chi connectivity index (χ4v) is 3.80. The van der Waals surface area contributed by atoms with Crippen molar-refractivity contribution in [2.75, 3.05) is 18.4 Å². The van der Waals surface area contributed by atoms with Crippen molar-refractivity contribution in [3.05, 3.63) is 89.2 Å². The number of rotatable bonds is 7. The van der Waals surface area contributed by atoms with Crippen molar-refractivity contribution in [3.8, 4) is 0 Å². The van der Waals surface area contributed by atoms with Crippen LogP contribution in [0.25, 0.3) is 17.0 Å². The summed E-state index contributed by atoms with van der Waals surface area (Å²) in [5.41, 5.74) is 3.39. The van der Waals surface area contributed by atoms with E-state index in [1.54, 1.807) is 17.2 Å². The van der Waals surface area contributed by atoms with Crippen LogP contribution in [-0.4, -0.2) is 34.0 Å². The predicted octanol–water partition coefficient (Wildman–Crippen LogP) is 5.00. The van der Waals surface area contributed by atoms with Gasteiger partial charge in [-0.25, -0.2) is 0 Å². The molecule has 0 radical (unpaired) electrons. The highest BCUT2D eigenvalue weighted by atomic mass is 35.5. The number of fused-ring (bicyclic) bond motifs is 1. The second-order valence-corrected chi connectivity index (χ2v) is 7.86. The highest BCUT2D eigenvalue weighted by Crippen LogP contribution is 2.24. The van der Waals surface area contributed by atoms with Gasteiger partial charge in [-0.05, 0) is 54.5 Å². The van der Waals surface area contributed by atoms with Crippen LogP contribution in [-0.2, 0) is 4.79 Å². The highest BCUT2D eigenvalue weighted by Gasteiger charge is 2.29. The number of nitrogens with zero attached hydrogens (tertiary/aromatic N) is 2. The molecule has 7 heteroatoms. The molecule has 0 aliphatic carbocycles. The van der Waals surface area contributed by atoms with Crippen molar-refractivity contribution in [2.45, 2.75) is 6.42 Å². The average Bonchev–Trinajstić information content (AvgIpc) is 3.04. The topological polar surface area (TPSA) is 57.3 Å². The van der Waals surface area contributed by atoms with E-state index in [1.807, 2.05) is 66.7 Å². The molecule has 1 aliphatic rings. The second-order valence-electron chi connectivity index (χ2n) is 7.04. The quantitative estimate of drug-likeness (QED) is 0.302. The Kier molecular flexibility index (Phi) is 6.60. The Morgan fingerprint density at radius 1 is 1.16 bits per heavy atom. The zero-order valence-electron chi connectivity index (χ0n) is 16.7. The van der Waals surface area contributed by atoms with Crippen LogP contribution in [0.5, 0.6) is 0 Å². The van der Waals surface area contributed by atoms with Crippen LogP contribution in [0.3, 0.4) is 0 Å². The first-order valence-corrected chi connectivity index (χ1v) is 10.7. The first-order valence-electron chi connectivity index (χ1n) is 9.96. The monoisotopic (exact) mass is 448 g/mol. The summed E-state index contributed by atoms with van der Waals surface area (Å²) in [6.07, 6.45) is 8.06. The smallest absolute Gasteiger partial charge is 0.276 e. The van der Waals surface area contributed by atoms with E-state index in [-0.39, 0.29) is 5.91 Å². The minimum absolute atomic E-state index is 0.105. The van der Waals surface area contributed by atoms with Gasteiger partial charge in [0.2, 0.25) is 0 Å². The summed E-state index contributed by atoms with van der Waals surface area (Å²) in [5, 5.41) is 8.53. The minimum Gasteiger partial charge on any atom is -0.384 e. The zero-order valence-corrected chi connectivity index (χ0v) is 18.3. The van der Waals surface area contributed by atoms with Gasteiger partial charge in [-0.2, -0.15) is 0 Å². The van der Waals surface area contributed by atoms with E-state index in [0.29, 0.717) is 28.9 Å². The molecule has 0 spiro atoms. The summed E-state index contributed by atoms with van der Waals surface area (Å²) in [5.74, 6) is -0.105. The third-order valence-corrected chi connectivity index (χ3v) is 5.45. The Bertz CT molecular complexity index is 1180. The molecule has 0 bridgehead atoms. The first kappa shape index (κ1) is 21.0. The second kappa shape index (κ2) is 9.73. The fourth-order valence-electron chi connectivity index (χ4n) is 3.35. The molecule has 1 aliphatic heterocycles. The molecule has 4 rings (SSSR count). The van der Waals surface area contributed by atoms with Gasteiger partial charge in [-0.3, -0.25) is 14.7 Å². The lowest BCUT2D eigenvalue weighted by molar-refractivity contribution is -0.122.